The first-order chi connectivity index (χ1) is 9.16. The Morgan fingerprint density at radius 3 is 2.74 bits per heavy atom. The molecule has 0 saturated carbocycles. The summed E-state index contributed by atoms with van der Waals surface area (Å²) in [6.07, 6.45) is 3.41. The molecular weight excluding hydrogens is 260 g/mol. The molecule has 0 bridgehead atoms. The van der Waals surface area contributed by atoms with E-state index in [0.29, 0.717) is 11.5 Å². The second kappa shape index (κ2) is 6.38. The second-order valence-corrected chi connectivity index (χ2v) is 4.85. The SMILES string of the molecule is CC(CCc1ccccc1)Nc1ncnc(Cl)c1N. The molecule has 100 valence electrons. The maximum Gasteiger partial charge on any atom is 0.157 e. The fourth-order valence-electron chi connectivity index (χ4n) is 1.82. The first kappa shape index (κ1) is 13.6. The molecule has 0 spiro atoms. The van der Waals surface area contributed by atoms with E-state index < -0.39 is 0 Å². The number of anilines is 2. The van der Waals surface area contributed by atoms with E-state index in [1.54, 1.807) is 0 Å². The van der Waals surface area contributed by atoms with Gasteiger partial charge in [0.05, 0.1) is 0 Å². The zero-order valence-electron chi connectivity index (χ0n) is 10.8. The van der Waals surface area contributed by atoms with E-state index in [1.807, 2.05) is 6.07 Å². The zero-order valence-corrected chi connectivity index (χ0v) is 11.6. The van der Waals surface area contributed by atoms with E-state index in [9.17, 15) is 0 Å². The Morgan fingerprint density at radius 2 is 2.00 bits per heavy atom. The van der Waals surface area contributed by atoms with E-state index in [-0.39, 0.29) is 11.2 Å². The molecule has 1 aromatic carbocycles. The van der Waals surface area contributed by atoms with Crippen molar-refractivity contribution in [2.75, 3.05) is 11.1 Å². The molecule has 19 heavy (non-hydrogen) atoms. The number of hydrogen-bond donors (Lipinski definition) is 2. The van der Waals surface area contributed by atoms with Crippen LogP contribution in [0.1, 0.15) is 18.9 Å². The summed E-state index contributed by atoms with van der Waals surface area (Å²) in [7, 11) is 0. The summed E-state index contributed by atoms with van der Waals surface area (Å²) in [5.74, 6) is 0.598. The van der Waals surface area contributed by atoms with Crippen LogP contribution in [0.5, 0.6) is 0 Å². The van der Waals surface area contributed by atoms with Gasteiger partial charge in [0.2, 0.25) is 0 Å². The van der Waals surface area contributed by atoms with Gasteiger partial charge in [0.1, 0.15) is 12.0 Å². The molecule has 2 aromatic rings. The van der Waals surface area contributed by atoms with Crippen molar-refractivity contribution in [3.63, 3.8) is 0 Å². The van der Waals surface area contributed by atoms with Gasteiger partial charge in [0.25, 0.3) is 0 Å². The Hall–Kier alpha value is -1.81. The van der Waals surface area contributed by atoms with Gasteiger partial charge in [-0.25, -0.2) is 9.97 Å². The van der Waals surface area contributed by atoms with E-state index >= 15 is 0 Å². The standard InChI is InChI=1S/C14H17ClN4/c1-10(7-8-11-5-3-2-4-6-11)19-14-12(16)13(15)17-9-18-14/h2-6,9-10H,7-8,16H2,1H3,(H,17,18,19). The van der Waals surface area contributed by atoms with Crippen molar-refractivity contribution in [1.82, 2.24) is 9.97 Å². The average molecular weight is 277 g/mol. The third-order valence-electron chi connectivity index (χ3n) is 2.93. The van der Waals surface area contributed by atoms with Crippen LogP contribution in [0.3, 0.4) is 0 Å². The van der Waals surface area contributed by atoms with Gasteiger partial charge in [0, 0.05) is 6.04 Å². The van der Waals surface area contributed by atoms with Gasteiger partial charge in [-0.3, -0.25) is 0 Å². The summed E-state index contributed by atoms with van der Waals surface area (Å²) in [5, 5.41) is 3.55. The number of nitrogens with two attached hydrogens (primary N) is 1. The van der Waals surface area contributed by atoms with Gasteiger partial charge in [-0.1, -0.05) is 41.9 Å². The molecule has 1 atom stereocenters. The minimum absolute atomic E-state index is 0.258. The van der Waals surface area contributed by atoms with Crippen LogP contribution in [0.4, 0.5) is 11.5 Å². The van der Waals surface area contributed by atoms with Gasteiger partial charge >= 0.3 is 0 Å². The fourth-order valence-corrected chi connectivity index (χ4v) is 1.96. The van der Waals surface area contributed by atoms with Gasteiger partial charge in [0.15, 0.2) is 11.0 Å². The molecule has 3 N–H and O–H groups in total. The topological polar surface area (TPSA) is 63.8 Å². The van der Waals surface area contributed by atoms with Crippen molar-refractivity contribution in [3.05, 3.63) is 47.4 Å². The van der Waals surface area contributed by atoms with Gasteiger partial charge in [-0.15, -0.1) is 0 Å². The number of benzene rings is 1. The largest absolute Gasteiger partial charge is 0.393 e. The second-order valence-electron chi connectivity index (χ2n) is 4.50. The summed E-state index contributed by atoms with van der Waals surface area (Å²) < 4.78 is 0. The van der Waals surface area contributed by atoms with Crippen LogP contribution in [-0.4, -0.2) is 16.0 Å². The molecule has 1 aromatic heterocycles. The Kier molecular flexibility index (Phi) is 4.58. The lowest BCUT2D eigenvalue weighted by molar-refractivity contribution is 0.703. The highest BCUT2D eigenvalue weighted by atomic mass is 35.5. The number of aryl methyl sites for hydroxylation is 1. The number of halogens is 1. The summed E-state index contributed by atoms with van der Waals surface area (Å²) in [6.45, 7) is 2.10. The van der Waals surface area contributed by atoms with Crippen molar-refractivity contribution < 1.29 is 0 Å². The van der Waals surface area contributed by atoms with E-state index in [4.69, 9.17) is 17.3 Å². The lowest BCUT2D eigenvalue weighted by atomic mass is 10.1. The molecule has 2 rings (SSSR count). The molecule has 1 unspecified atom stereocenters. The van der Waals surface area contributed by atoms with E-state index in [2.05, 4.69) is 46.5 Å². The zero-order chi connectivity index (χ0) is 13.7. The van der Waals surface area contributed by atoms with Gasteiger partial charge in [-0.2, -0.15) is 0 Å². The van der Waals surface area contributed by atoms with Crippen molar-refractivity contribution in [2.45, 2.75) is 25.8 Å². The van der Waals surface area contributed by atoms with Crippen LogP contribution in [0.25, 0.3) is 0 Å². The van der Waals surface area contributed by atoms with Crippen molar-refractivity contribution >= 4 is 23.1 Å². The van der Waals surface area contributed by atoms with Crippen LogP contribution >= 0.6 is 11.6 Å². The third-order valence-corrected chi connectivity index (χ3v) is 3.23. The minimum Gasteiger partial charge on any atom is -0.393 e. The van der Waals surface area contributed by atoms with Crippen LogP contribution < -0.4 is 11.1 Å². The Bertz CT molecular complexity index is 530. The quantitative estimate of drug-likeness (QED) is 0.824. The Labute approximate surface area is 118 Å². The predicted molar refractivity (Wildman–Crippen MR) is 79.3 cm³/mol. The molecule has 1 heterocycles. The molecule has 0 aliphatic carbocycles. The number of nitrogens with zero attached hydrogens (tertiary/aromatic N) is 2. The predicted octanol–water partition coefficient (Wildman–Crippen LogP) is 3.15. The maximum atomic E-state index is 5.85. The van der Waals surface area contributed by atoms with Gasteiger partial charge < -0.3 is 11.1 Å². The van der Waals surface area contributed by atoms with E-state index in [1.165, 1.54) is 11.9 Å². The molecule has 0 amide bonds. The number of aromatic nitrogens is 2. The van der Waals surface area contributed by atoms with Crippen molar-refractivity contribution in [2.24, 2.45) is 0 Å². The highest BCUT2D eigenvalue weighted by molar-refractivity contribution is 6.32. The summed E-state index contributed by atoms with van der Waals surface area (Å²) in [6, 6.07) is 10.6. The molecule has 0 aliphatic rings. The minimum atomic E-state index is 0.258. The molecule has 0 saturated heterocycles. The maximum absolute atomic E-state index is 5.85. The Balaban J connectivity index is 1.91. The monoisotopic (exact) mass is 276 g/mol. The normalized spacial score (nSPS) is 12.1. The number of rotatable bonds is 5. The Morgan fingerprint density at radius 1 is 1.26 bits per heavy atom. The molecular formula is C14H17ClN4. The number of nitrogens with one attached hydrogen (secondary N) is 1. The van der Waals surface area contributed by atoms with Crippen LogP contribution in [-0.2, 0) is 6.42 Å². The molecule has 5 heteroatoms. The highest BCUT2D eigenvalue weighted by Gasteiger charge is 2.09. The number of hydrogen-bond acceptors (Lipinski definition) is 4. The summed E-state index contributed by atoms with van der Waals surface area (Å²) >= 11 is 5.85. The third kappa shape index (κ3) is 3.83. The van der Waals surface area contributed by atoms with Crippen molar-refractivity contribution in [3.8, 4) is 0 Å². The fraction of sp³-hybridized carbons (Fsp3) is 0.286. The first-order valence-electron chi connectivity index (χ1n) is 6.23. The summed E-state index contributed by atoms with van der Waals surface area (Å²) in [4.78, 5) is 7.93. The van der Waals surface area contributed by atoms with Gasteiger partial charge in [-0.05, 0) is 25.3 Å². The molecule has 0 radical (unpaired) electrons. The van der Waals surface area contributed by atoms with E-state index in [0.717, 1.165) is 12.8 Å². The molecule has 0 fully saturated rings. The van der Waals surface area contributed by atoms with Crippen LogP contribution in [0, 0.1) is 0 Å². The number of nitrogen functional groups attached to an aromatic ring is 1. The molecule has 0 aliphatic heterocycles. The lowest BCUT2D eigenvalue weighted by Crippen LogP contribution is -2.18. The smallest absolute Gasteiger partial charge is 0.157 e. The lowest BCUT2D eigenvalue weighted by Gasteiger charge is -2.15. The van der Waals surface area contributed by atoms with Crippen molar-refractivity contribution in [1.29, 1.82) is 0 Å². The summed E-state index contributed by atoms with van der Waals surface area (Å²) in [5.41, 5.74) is 7.54. The average Bonchev–Trinajstić information content (AvgIpc) is 2.43. The highest BCUT2D eigenvalue weighted by Crippen LogP contribution is 2.23. The molecule has 4 nitrogen and oxygen atoms in total. The van der Waals surface area contributed by atoms with Crippen LogP contribution in [0.15, 0.2) is 36.7 Å². The van der Waals surface area contributed by atoms with Crippen LogP contribution in [0.2, 0.25) is 5.15 Å². The first-order valence-corrected chi connectivity index (χ1v) is 6.61.